The van der Waals surface area contributed by atoms with Crippen LogP contribution in [-0.4, -0.2) is 26.2 Å². The van der Waals surface area contributed by atoms with E-state index in [0.29, 0.717) is 0 Å². The van der Waals surface area contributed by atoms with E-state index in [0.717, 1.165) is 11.1 Å². The summed E-state index contributed by atoms with van der Waals surface area (Å²) in [4.78, 5) is 22.9. The molecular weight excluding hydrogens is 244 g/mol. The van der Waals surface area contributed by atoms with Crippen LogP contribution in [-0.2, 0) is 19.1 Å². The number of methoxy groups -OCH3 is 2. The van der Waals surface area contributed by atoms with Gasteiger partial charge in [-0.25, -0.2) is 4.79 Å². The van der Waals surface area contributed by atoms with Crippen molar-refractivity contribution in [1.29, 1.82) is 0 Å². The van der Waals surface area contributed by atoms with Crippen LogP contribution in [0.2, 0.25) is 0 Å². The third-order valence-electron chi connectivity index (χ3n) is 2.12. The Kier molecular flexibility index (Phi) is 7.93. The molecule has 0 fully saturated rings. The van der Waals surface area contributed by atoms with Gasteiger partial charge in [-0.05, 0) is 25.5 Å². The van der Waals surface area contributed by atoms with Gasteiger partial charge in [0.2, 0.25) is 0 Å². The molecule has 0 aliphatic rings. The number of rotatable bonds is 6. The van der Waals surface area contributed by atoms with E-state index in [1.165, 1.54) is 14.2 Å². The summed E-state index contributed by atoms with van der Waals surface area (Å²) in [5, 5.41) is 0. The standard InChI is InChI=1S/C15H20O4/c1-6-7-12(8-11(2)3)9-13(15(17)19-5)10-14(16)18-4/h6-9H,1,10H2,2-5H3/b12-7+,13-9+. The Bertz CT molecular complexity index is 435. The van der Waals surface area contributed by atoms with Crippen molar-refractivity contribution in [2.24, 2.45) is 0 Å². The van der Waals surface area contributed by atoms with Crippen LogP contribution in [0.5, 0.6) is 0 Å². The van der Waals surface area contributed by atoms with Gasteiger partial charge in [0.05, 0.1) is 20.6 Å². The van der Waals surface area contributed by atoms with Crippen molar-refractivity contribution in [2.45, 2.75) is 20.3 Å². The number of hydrogen-bond acceptors (Lipinski definition) is 4. The summed E-state index contributed by atoms with van der Waals surface area (Å²) in [6.45, 7) is 7.48. The first-order valence-corrected chi connectivity index (χ1v) is 5.78. The Balaban J connectivity index is 5.42. The summed E-state index contributed by atoms with van der Waals surface area (Å²) in [7, 11) is 2.54. The van der Waals surface area contributed by atoms with Crippen molar-refractivity contribution < 1.29 is 19.1 Å². The molecular formula is C15H20O4. The molecule has 4 heteroatoms. The van der Waals surface area contributed by atoms with Gasteiger partial charge in [0.15, 0.2) is 0 Å². The van der Waals surface area contributed by atoms with E-state index in [1.807, 2.05) is 19.9 Å². The van der Waals surface area contributed by atoms with Gasteiger partial charge in [0.1, 0.15) is 0 Å². The van der Waals surface area contributed by atoms with Crippen LogP contribution < -0.4 is 0 Å². The highest BCUT2D eigenvalue weighted by molar-refractivity contribution is 5.94. The largest absolute Gasteiger partial charge is 0.469 e. The molecule has 0 saturated heterocycles. The van der Waals surface area contributed by atoms with E-state index in [4.69, 9.17) is 0 Å². The van der Waals surface area contributed by atoms with Crippen LogP contribution in [0.3, 0.4) is 0 Å². The predicted octanol–water partition coefficient (Wildman–Crippen LogP) is 2.73. The quantitative estimate of drug-likeness (QED) is 0.420. The minimum atomic E-state index is -0.553. The number of carbonyl (C=O) groups is 2. The Labute approximate surface area is 114 Å². The van der Waals surface area contributed by atoms with Gasteiger partial charge in [0, 0.05) is 5.57 Å². The molecule has 0 aromatic heterocycles. The molecule has 0 bridgehead atoms. The van der Waals surface area contributed by atoms with Crippen LogP contribution in [0.15, 0.2) is 47.6 Å². The molecule has 0 heterocycles. The maximum absolute atomic E-state index is 11.6. The average molecular weight is 264 g/mol. The molecule has 0 aliphatic heterocycles. The van der Waals surface area contributed by atoms with Gasteiger partial charge in [-0.15, -0.1) is 0 Å². The lowest BCUT2D eigenvalue weighted by atomic mass is 10.1. The molecule has 0 unspecified atom stereocenters. The SMILES string of the molecule is C=C/C=C(C=C(C)C)/C=C(\CC(=O)OC)C(=O)OC. The first-order chi connectivity index (χ1) is 8.94. The molecule has 19 heavy (non-hydrogen) atoms. The molecule has 0 atom stereocenters. The lowest BCUT2D eigenvalue weighted by Gasteiger charge is -2.05. The molecule has 0 aliphatic carbocycles. The second-order valence-electron chi connectivity index (χ2n) is 4.04. The molecule has 104 valence electrons. The van der Waals surface area contributed by atoms with Gasteiger partial charge in [-0.2, -0.15) is 0 Å². The summed E-state index contributed by atoms with van der Waals surface area (Å²) in [5.74, 6) is -1.05. The van der Waals surface area contributed by atoms with Crippen molar-refractivity contribution >= 4 is 11.9 Å². The molecule has 0 aromatic rings. The van der Waals surface area contributed by atoms with Crippen molar-refractivity contribution in [3.05, 3.63) is 47.6 Å². The normalized spacial score (nSPS) is 11.6. The second kappa shape index (κ2) is 8.91. The summed E-state index contributed by atoms with van der Waals surface area (Å²) < 4.78 is 9.21. The highest BCUT2D eigenvalue weighted by Crippen LogP contribution is 2.13. The van der Waals surface area contributed by atoms with Crippen LogP contribution in [0.25, 0.3) is 0 Å². The van der Waals surface area contributed by atoms with E-state index < -0.39 is 11.9 Å². The van der Waals surface area contributed by atoms with Crippen molar-refractivity contribution in [2.75, 3.05) is 14.2 Å². The Hall–Kier alpha value is -2.10. The summed E-state index contributed by atoms with van der Waals surface area (Å²) >= 11 is 0. The van der Waals surface area contributed by atoms with Crippen LogP contribution in [0, 0.1) is 0 Å². The predicted molar refractivity (Wildman–Crippen MR) is 74.4 cm³/mol. The van der Waals surface area contributed by atoms with Gasteiger partial charge < -0.3 is 9.47 Å². The minimum absolute atomic E-state index is 0.131. The maximum atomic E-state index is 11.6. The molecule has 0 aromatic carbocycles. The van der Waals surface area contributed by atoms with Gasteiger partial charge in [0.25, 0.3) is 0 Å². The molecule has 0 saturated carbocycles. The Morgan fingerprint density at radius 2 is 1.74 bits per heavy atom. The molecule has 0 radical (unpaired) electrons. The zero-order valence-electron chi connectivity index (χ0n) is 11.9. The van der Waals surface area contributed by atoms with E-state index in [1.54, 1.807) is 18.2 Å². The fourth-order valence-corrected chi connectivity index (χ4v) is 1.35. The lowest BCUT2D eigenvalue weighted by Crippen LogP contribution is -2.11. The summed E-state index contributed by atoms with van der Waals surface area (Å²) in [5.41, 5.74) is 2.06. The van der Waals surface area contributed by atoms with Gasteiger partial charge in [-0.1, -0.05) is 30.4 Å². The smallest absolute Gasteiger partial charge is 0.334 e. The Morgan fingerprint density at radius 1 is 1.11 bits per heavy atom. The van der Waals surface area contributed by atoms with Crippen molar-refractivity contribution in [3.63, 3.8) is 0 Å². The number of esters is 2. The van der Waals surface area contributed by atoms with Crippen LogP contribution in [0.4, 0.5) is 0 Å². The van der Waals surface area contributed by atoms with Gasteiger partial charge >= 0.3 is 11.9 Å². The fourth-order valence-electron chi connectivity index (χ4n) is 1.35. The minimum Gasteiger partial charge on any atom is -0.469 e. The van der Waals surface area contributed by atoms with Gasteiger partial charge in [-0.3, -0.25) is 4.79 Å². The van der Waals surface area contributed by atoms with Crippen molar-refractivity contribution in [1.82, 2.24) is 0 Å². The molecule has 0 N–H and O–H groups in total. The number of carbonyl (C=O) groups excluding carboxylic acids is 2. The van der Waals surface area contributed by atoms with E-state index >= 15 is 0 Å². The first-order valence-electron chi connectivity index (χ1n) is 5.78. The van der Waals surface area contributed by atoms with E-state index in [-0.39, 0.29) is 12.0 Å². The van der Waals surface area contributed by atoms with Crippen LogP contribution in [0.1, 0.15) is 20.3 Å². The Morgan fingerprint density at radius 3 is 2.16 bits per heavy atom. The summed E-state index contributed by atoms with van der Waals surface area (Å²) in [6, 6.07) is 0. The topological polar surface area (TPSA) is 52.6 Å². The lowest BCUT2D eigenvalue weighted by molar-refractivity contribution is -0.143. The molecule has 4 nitrogen and oxygen atoms in total. The number of allylic oxidation sites excluding steroid dienone is 6. The zero-order valence-corrected chi connectivity index (χ0v) is 11.9. The monoisotopic (exact) mass is 264 g/mol. The molecule has 0 rings (SSSR count). The first kappa shape index (κ1) is 16.9. The number of hydrogen-bond donors (Lipinski definition) is 0. The molecule has 0 amide bonds. The zero-order chi connectivity index (χ0) is 14.8. The van der Waals surface area contributed by atoms with Crippen LogP contribution >= 0.6 is 0 Å². The van der Waals surface area contributed by atoms with E-state index in [9.17, 15) is 9.59 Å². The fraction of sp³-hybridized carbons (Fsp3) is 0.333. The highest BCUT2D eigenvalue weighted by Gasteiger charge is 2.14. The van der Waals surface area contributed by atoms with Crippen molar-refractivity contribution in [3.8, 4) is 0 Å². The summed E-state index contributed by atoms with van der Waals surface area (Å²) in [6.07, 6.45) is 6.69. The number of ether oxygens (including phenoxy) is 2. The third-order valence-corrected chi connectivity index (χ3v) is 2.12. The van der Waals surface area contributed by atoms with E-state index in [2.05, 4.69) is 16.1 Å². The second-order valence-corrected chi connectivity index (χ2v) is 4.04. The average Bonchev–Trinajstić information content (AvgIpc) is 2.36. The third kappa shape index (κ3) is 7.03. The highest BCUT2D eigenvalue weighted by atomic mass is 16.5. The maximum Gasteiger partial charge on any atom is 0.334 e. The molecule has 0 spiro atoms.